The summed E-state index contributed by atoms with van der Waals surface area (Å²) in [6, 6.07) is 5.20. The second-order valence-electron chi connectivity index (χ2n) is 3.17. The first kappa shape index (κ1) is 11.9. The van der Waals surface area contributed by atoms with Crippen molar-refractivity contribution in [3.63, 3.8) is 0 Å². The van der Waals surface area contributed by atoms with Gasteiger partial charge in [-0.15, -0.1) is 5.11 Å². The molecule has 0 saturated carbocycles. The number of hydrogen-bond donors (Lipinski definition) is 3. The van der Waals surface area contributed by atoms with Crippen LogP contribution in [0.3, 0.4) is 0 Å². The number of azo groups is 1. The lowest BCUT2D eigenvalue weighted by atomic mass is 10.3. The summed E-state index contributed by atoms with van der Waals surface area (Å²) < 4.78 is 0.792. The normalized spacial score (nSPS) is 11.2. The zero-order chi connectivity index (χ0) is 12.4. The molecule has 17 heavy (non-hydrogen) atoms. The molecule has 1 aromatic carbocycles. The van der Waals surface area contributed by atoms with E-state index in [4.69, 9.17) is 23.1 Å². The molecule has 6 nitrogen and oxygen atoms in total. The summed E-state index contributed by atoms with van der Waals surface area (Å²) in [5, 5.41) is 14.6. The summed E-state index contributed by atoms with van der Waals surface area (Å²) in [6.07, 6.45) is 0. The summed E-state index contributed by atoms with van der Waals surface area (Å²) in [4.78, 5) is 0. The molecule has 8 heteroatoms. The molecule has 5 N–H and O–H groups in total. The van der Waals surface area contributed by atoms with Gasteiger partial charge in [-0.3, -0.25) is 5.10 Å². The van der Waals surface area contributed by atoms with Crippen molar-refractivity contribution in [1.29, 1.82) is 0 Å². The molecule has 0 bridgehead atoms. The van der Waals surface area contributed by atoms with Gasteiger partial charge in [0.15, 0.2) is 11.5 Å². The number of nitrogen functional groups attached to an aromatic ring is 2. The summed E-state index contributed by atoms with van der Waals surface area (Å²) >= 11 is 9.20. The average molecular weight is 316 g/mol. The fourth-order valence-electron chi connectivity index (χ4n) is 1.12. The highest BCUT2D eigenvalue weighted by molar-refractivity contribution is 9.10. The van der Waals surface area contributed by atoms with E-state index in [1.54, 1.807) is 18.2 Å². The monoisotopic (exact) mass is 314 g/mol. The summed E-state index contributed by atoms with van der Waals surface area (Å²) in [5.74, 6) is 0.476. The van der Waals surface area contributed by atoms with Crippen LogP contribution in [0.25, 0.3) is 0 Å². The van der Waals surface area contributed by atoms with Crippen LogP contribution in [0.15, 0.2) is 32.9 Å². The van der Waals surface area contributed by atoms with Crippen LogP contribution in [0.1, 0.15) is 0 Å². The zero-order valence-electron chi connectivity index (χ0n) is 8.48. The van der Waals surface area contributed by atoms with Crippen LogP contribution in [-0.4, -0.2) is 10.2 Å². The number of anilines is 2. The largest absolute Gasteiger partial charge is 0.382 e. The molecule has 0 atom stereocenters. The maximum Gasteiger partial charge on any atom is 0.175 e. The minimum Gasteiger partial charge on any atom is -0.382 e. The SMILES string of the molecule is Nc1n[nH]c(N)c1N=Nc1ccc(Br)c(Cl)c1. The van der Waals surface area contributed by atoms with Crippen molar-refractivity contribution in [3.8, 4) is 0 Å². The fourth-order valence-corrected chi connectivity index (χ4v) is 1.55. The first-order valence-electron chi connectivity index (χ1n) is 4.54. The number of aromatic amines is 1. The number of hydrogen-bond acceptors (Lipinski definition) is 5. The minimum atomic E-state index is 0.203. The summed E-state index contributed by atoms with van der Waals surface area (Å²) in [7, 11) is 0. The van der Waals surface area contributed by atoms with E-state index >= 15 is 0 Å². The Morgan fingerprint density at radius 1 is 1.29 bits per heavy atom. The molecule has 0 spiro atoms. The highest BCUT2D eigenvalue weighted by atomic mass is 79.9. The van der Waals surface area contributed by atoms with Gasteiger partial charge in [0.25, 0.3) is 0 Å². The fraction of sp³-hybridized carbons (Fsp3) is 0. The molecule has 0 saturated heterocycles. The second kappa shape index (κ2) is 4.72. The zero-order valence-corrected chi connectivity index (χ0v) is 10.8. The van der Waals surface area contributed by atoms with Crippen molar-refractivity contribution in [1.82, 2.24) is 10.2 Å². The number of H-pyrrole nitrogens is 1. The predicted octanol–water partition coefficient (Wildman–Crippen LogP) is 3.41. The lowest BCUT2D eigenvalue weighted by Crippen LogP contribution is -1.84. The number of nitrogens with two attached hydrogens (primary N) is 2. The number of rotatable bonds is 2. The maximum atomic E-state index is 5.92. The minimum absolute atomic E-state index is 0.203. The van der Waals surface area contributed by atoms with Gasteiger partial charge in [0.2, 0.25) is 0 Å². The Balaban J connectivity index is 2.29. The Morgan fingerprint density at radius 2 is 2.06 bits per heavy atom. The first-order valence-corrected chi connectivity index (χ1v) is 5.71. The van der Waals surface area contributed by atoms with E-state index in [9.17, 15) is 0 Å². The smallest absolute Gasteiger partial charge is 0.175 e. The Hall–Kier alpha value is -1.60. The van der Waals surface area contributed by atoms with Crippen LogP contribution in [0.4, 0.5) is 23.0 Å². The molecule has 2 aromatic rings. The molecule has 0 fully saturated rings. The topological polar surface area (TPSA) is 105 Å². The number of benzene rings is 1. The van der Waals surface area contributed by atoms with Crippen LogP contribution >= 0.6 is 27.5 Å². The molecule has 0 aliphatic heterocycles. The van der Waals surface area contributed by atoms with E-state index in [0.29, 0.717) is 16.4 Å². The number of nitrogens with one attached hydrogen (secondary N) is 1. The third-order valence-electron chi connectivity index (χ3n) is 1.96. The first-order chi connectivity index (χ1) is 8.08. The third kappa shape index (κ3) is 2.56. The summed E-state index contributed by atoms with van der Waals surface area (Å²) in [6.45, 7) is 0. The molecule has 1 heterocycles. The predicted molar refractivity (Wildman–Crippen MR) is 70.7 cm³/mol. The van der Waals surface area contributed by atoms with E-state index in [-0.39, 0.29) is 11.6 Å². The number of nitrogens with zero attached hydrogens (tertiary/aromatic N) is 3. The van der Waals surface area contributed by atoms with Crippen molar-refractivity contribution < 1.29 is 0 Å². The molecule has 0 unspecified atom stereocenters. The van der Waals surface area contributed by atoms with E-state index < -0.39 is 0 Å². The Kier molecular flexibility index (Phi) is 3.30. The van der Waals surface area contributed by atoms with E-state index in [1.165, 1.54) is 0 Å². The van der Waals surface area contributed by atoms with Crippen molar-refractivity contribution in [3.05, 3.63) is 27.7 Å². The third-order valence-corrected chi connectivity index (χ3v) is 3.20. The lowest BCUT2D eigenvalue weighted by molar-refractivity contribution is 1.11. The maximum absolute atomic E-state index is 5.92. The average Bonchev–Trinajstić information content (AvgIpc) is 2.61. The molecule has 0 aliphatic carbocycles. The quantitative estimate of drug-likeness (QED) is 0.739. The summed E-state index contributed by atoms with van der Waals surface area (Å²) in [5.41, 5.74) is 12.0. The number of halogens is 2. The van der Waals surface area contributed by atoms with Crippen molar-refractivity contribution in [2.45, 2.75) is 0 Å². The van der Waals surface area contributed by atoms with Gasteiger partial charge in [-0.25, -0.2) is 0 Å². The highest BCUT2D eigenvalue weighted by Crippen LogP contribution is 2.30. The van der Waals surface area contributed by atoms with Gasteiger partial charge in [-0.05, 0) is 34.1 Å². The van der Waals surface area contributed by atoms with Crippen LogP contribution in [0.2, 0.25) is 5.02 Å². The van der Waals surface area contributed by atoms with Crippen LogP contribution in [0.5, 0.6) is 0 Å². The van der Waals surface area contributed by atoms with Gasteiger partial charge in [0, 0.05) is 4.47 Å². The van der Waals surface area contributed by atoms with E-state index in [0.717, 1.165) is 4.47 Å². The molecule has 1 aromatic heterocycles. The van der Waals surface area contributed by atoms with Crippen LogP contribution in [0, 0.1) is 0 Å². The second-order valence-corrected chi connectivity index (χ2v) is 4.43. The van der Waals surface area contributed by atoms with Gasteiger partial charge >= 0.3 is 0 Å². The Morgan fingerprint density at radius 3 is 2.65 bits per heavy atom. The molecular weight excluding hydrogens is 307 g/mol. The number of aromatic nitrogens is 2. The van der Waals surface area contributed by atoms with Crippen LogP contribution < -0.4 is 11.5 Å². The van der Waals surface area contributed by atoms with Gasteiger partial charge < -0.3 is 11.5 Å². The van der Waals surface area contributed by atoms with Crippen LogP contribution in [-0.2, 0) is 0 Å². The standard InChI is InChI=1S/C9H8BrClN6/c10-5-2-1-4(3-6(5)11)14-15-7-8(12)16-17-9(7)13/h1-3H,(H5,12,13,16,17). The lowest BCUT2D eigenvalue weighted by Gasteiger charge is -1.96. The van der Waals surface area contributed by atoms with Crippen molar-refractivity contribution >= 4 is 50.5 Å². The Labute approximate surface area is 110 Å². The van der Waals surface area contributed by atoms with E-state index in [2.05, 4.69) is 36.4 Å². The molecule has 0 amide bonds. The molecule has 88 valence electrons. The van der Waals surface area contributed by atoms with Crippen molar-refractivity contribution in [2.75, 3.05) is 11.5 Å². The molecule has 2 rings (SSSR count). The van der Waals surface area contributed by atoms with Gasteiger partial charge in [0.05, 0.1) is 10.7 Å². The Bertz CT molecular complexity index is 559. The van der Waals surface area contributed by atoms with Gasteiger partial charge in [-0.2, -0.15) is 10.2 Å². The molecular formula is C9H8BrClN6. The van der Waals surface area contributed by atoms with E-state index in [1.807, 2.05) is 0 Å². The van der Waals surface area contributed by atoms with Crippen molar-refractivity contribution in [2.24, 2.45) is 10.2 Å². The highest BCUT2D eigenvalue weighted by Gasteiger charge is 2.06. The van der Waals surface area contributed by atoms with Gasteiger partial charge in [0.1, 0.15) is 5.82 Å². The molecule has 0 radical (unpaired) electrons. The molecule has 0 aliphatic rings. The van der Waals surface area contributed by atoms with Gasteiger partial charge in [-0.1, -0.05) is 11.6 Å².